The molecule has 0 aliphatic carbocycles. The van der Waals surface area contributed by atoms with Gasteiger partial charge in [-0.15, -0.1) is 0 Å². The summed E-state index contributed by atoms with van der Waals surface area (Å²) in [6.07, 6.45) is -4.91. The van der Waals surface area contributed by atoms with E-state index in [9.17, 15) is 30.6 Å². The van der Waals surface area contributed by atoms with Crippen LogP contribution >= 0.6 is 0 Å². The van der Waals surface area contributed by atoms with Gasteiger partial charge >= 0.3 is 0 Å². The Balaban J connectivity index is 1.78. The van der Waals surface area contributed by atoms with Crippen molar-refractivity contribution in [3.63, 3.8) is 0 Å². The van der Waals surface area contributed by atoms with Crippen LogP contribution in [0.4, 0.5) is 0 Å². The van der Waals surface area contributed by atoms with Crippen molar-refractivity contribution in [3.8, 4) is 23.0 Å². The number of hydrogen-bond donors (Lipinski definition) is 6. The minimum absolute atomic E-state index is 0.0259. The molecule has 8 nitrogen and oxygen atoms in total. The van der Waals surface area contributed by atoms with Crippen LogP contribution in [-0.4, -0.2) is 62.2 Å². The molecule has 6 N–H and O–H groups in total. The van der Waals surface area contributed by atoms with Crippen LogP contribution in [0.3, 0.4) is 0 Å². The Morgan fingerprint density at radius 1 is 1.04 bits per heavy atom. The largest absolute Gasteiger partial charge is 0.504 e. The number of hydrogen-bond acceptors (Lipinski definition) is 8. The number of phenols is 3. The lowest BCUT2D eigenvalue weighted by atomic mass is 9.89. The van der Waals surface area contributed by atoms with Crippen LogP contribution in [0.5, 0.6) is 23.0 Å². The molecule has 28 heavy (non-hydrogen) atoms. The van der Waals surface area contributed by atoms with Gasteiger partial charge in [0.2, 0.25) is 0 Å². The standard InChI is InChI=1S/C20H24O8/c1-27-17-8-11(3-5-13(17)22)20-19(26)16(25)9-18(28-20)15(24)7-10-2-4-12(21)14(23)6-10/h2-6,8,15-16,18-26H,7,9H2,1H3/t15-,16+,18-,19+,20-/m1/s1. The van der Waals surface area contributed by atoms with Crippen molar-refractivity contribution >= 4 is 0 Å². The lowest BCUT2D eigenvalue weighted by Crippen LogP contribution is -2.48. The smallest absolute Gasteiger partial charge is 0.160 e. The van der Waals surface area contributed by atoms with E-state index in [1.54, 1.807) is 12.1 Å². The van der Waals surface area contributed by atoms with Crippen molar-refractivity contribution in [2.45, 2.75) is 43.4 Å². The lowest BCUT2D eigenvalue weighted by molar-refractivity contribution is -0.195. The number of benzene rings is 2. The highest BCUT2D eigenvalue weighted by Crippen LogP contribution is 2.37. The van der Waals surface area contributed by atoms with Crippen LogP contribution in [0.15, 0.2) is 36.4 Å². The van der Waals surface area contributed by atoms with Crippen molar-refractivity contribution in [1.82, 2.24) is 0 Å². The Morgan fingerprint density at radius 3 is 2.43 bits per heavy atom. The van der Waals surface area contributed by atoms with Crippen molar-refractivity contribution in [2.75, 3.05) is 7.11 Å². The van der Waals surface area contributed by atoms with E-state index in [0.29, 0.717) is 11.1 Å². The molecule has 3 rings (SSSR count). The molecule has 0 spiro atoms. The van der Waals surface area contributed by atoms with Crippen molar-refractivity contribution in [2.24, 2.45) is 0 Å². The maximum absolute atomic E-state index is 10.6. The van der Waals surface area contributed by atoms with E-state index in [0.717, 1.165) is 0 Å². The first kappa shape index (κ1) is 20.2. The van der Waals surface area contributed by atoms with E-state index >= 15 is 0 Å². The van der Waals surface area contributed by atoms with Crippen LogP contribution in [0, 0.1) is 0 Å². The molecular formula is C20H24O8. The summed E-state index contributed by atoms with van der Waals surface area (Å²) >= 11 is 0. The van der Waals surface area contributed by atoms with Gasteiger partial charge in [-0.3, -0.25) is 0 Å². The van der Waals surface area contributed by atoms with Gasteiger partial charge in [-0.2, -0.15) is 0 Å². The predicted molar refractivity (Wildman–Crippen MR) is 98.4 cm³/mol. The average molecular weight is 392 g/mol. The van der Waals surface area contributed by atoms with Crippen LogP contribution < -0.4 is 4.74 Å². The number of methoxy groups -OCH3 is 1. The van der Waals surface area contributed by atoms with Crippen molar-refractivity contribution in [1.29, 1.82) is 0 Å². The third-order valence-corrected chi connectivity index (χ3v) is 4.95. The van der Waals surface area contributed by atoms with Crippen LogP contribution in [0.1, 0.15) is 23.7 Å². The third-order valence-electron chi connectivity index (χ3n) is 4.95. The molecule has 8 heteroatoms. The zero-order chi connectivity index (χ0) is 20.4. The van der Waals surface area contributed by atoms with E-state index < -0.39 is 30.5 Å². The highest BCUT2D eigenvalue weighted by atomic mass is 16.5. The molecule has 152 valence electrons. The summed E-state index contributed by atoms with van der Waals surface area (Å²) in [5, 5.41) is 59.9. The minimum Gasteiger partial charge on any atom is -0.504 e. The van der Waals surface area contributed by atoms with E-state index in [1.165, 1.54) is 31.4 Å². The zero-order valence-corrected chi connectivity index (χ0v) is 15.3. The first-order chi connectivity index (χ1) is 13.3. The molecule has 1 aliphatic heterocycles. The van der Waals surface area contributed by atoms with Crippen LogP contribution in [-0.2, 0) is 11.2 Å². The molecule has 0 radical (unpaired) electrons. The topological polar surface area (TPSA) is 140 Å². The summed E-state index contributed by atoms with van der Waals surface area (Å²) < 4.78 is 10.9. The Kier molecular flexibility index (Phi) is 5.95. The number of aliphatic hydroxyl groups excluding tert-OH is 3. The molecule has 0 amide bonds. The second kappa shape index (κ2) is 8.24. The summed E-state index contributed by atoms with van der Waals surface area (Å²) in [7, 11) is 1.39. The van der Waals surface area contributed by atoms with E-state index in [4.69, 9.17) is 9.47 Å². The molecule has 2 aromatic rings. The van der Waals surface area contributed by atoms with Crippen molar-refractivity contribution < 1.29 is 40.1 Å². The fourth-order valence-electron chi connectivity index (χ4n) is 3.37. The first-order valence-electron chi connectivity index (χ1n) is 8.87. The number of aromatic hydroxyl groups is 3. The van der Waals surface area contributed by atoms with Gasteiger partial charge in [0.1, 0.15) is 12.2 Å². The molecule has 1 saturated heterocycles. The summed E-state index contributed by atoms with van der Waals surface area (Å²) in [5.74, 6) is -0.420. The second-order valence-corrected chi connectivity index (χ2v) is 6.91. The normalized spacial score (nSPS) is 26.0. The van der Waals surface area contributed by atoms with Gasteiger partial charge in [0.05, 0.1) is 25.4 Å². The first-order valence-corrected chi connectivity index (χ1v) is 8.87. The highest BCUT2D eigenvalue weighted by molar-refractivity contribution is 5.43. The molecule has 0 saturated carbocycles. The minimum atomic E-state index is -1.21. The number of rotatable bonds is 5. The molecule has 1 fully saturated rings. The van der Waals surface area contributed by atoms with Gasteiger partial charge in [0, 0.05) is 12.8 Å². The third kappa shape index (κ3) is 4.15. The molecule has 0 aromatic heterocycles. The van der Waals surface area contributed by atoms with Crippen LogP contribution in [0.2, 0.25) is 0 Å². The highest BCUT2D eigenvalue weighted by Gasteiger charge is 2.40. The van der Waals surface area contributed by atoms with Gasteiger partial charge < -0.3 is 40.1 Å². The second-order valence-electron chi connectivity index (χ2n) is 6.91. The summed E-state index contributed by atoms with van der Waals surface area (Å²) in [6, 6.07) is 8.68. The molecule has 0 bridgehead atoms. The predicted octanol–water partition coefficient (Wildman–Crippen LogP) is 0.967. The van der Waals surface area contributed by atoms with Gasteiger partial charge in [-0.1, -0.05) is 12.1 Å². The van der Waals surface area contributed by atoms with Crippen molar-refractivity contribution in [3.05, 3.63) is 47.5 Å². The fourth-order valence-corrected chi connectivity index (χ4v) is 3.37. The Labute approximate surface area is 161 Å². The number of phenolic OH excluding ortho intramolecular Hbond substituents is 3. The summed E-state index contributed by atoms with van der Waals surface area (Å²) in [6.45, 7) is 0. The van der Waals surface area contributed by atoms with E-state index in [2.05, 4.69) is 0 Å². The average Bonchev–Trinajstić information content (AvgIpc) is 2.67. The molecule has 0 unspecified atom stereocenters. The van der Waals surface area contributed by atoms with Gasteiger partial charge in [0.15, 0.2) is 23.0 Å². The lowest BCUT2D eigenvalue weighted by Gasteiger charge is -2.39. The Hall–Kier alpha value is -2.52. The van der Waals surface area contributed by atoms with Gasteiger partial charge in [-0.25, -0.2) is 0 Å². The molecular weight excluding hydrogens is 368 g/mol. The van der Waals surface area contributed by atoms with Gasteiger partial charge in [-0.05, 0) is 35.4 Å². The zero-order valence-electron chi connectivity index (χ0n) is 15.3. The monoisotopic (exact) mass is 392 g/mol. The number of ether oxygens (including phenoxy) is 2. The molecule has 1 heterocycles. The van der Waals surface area contributed by atoms with Crippen LogP contribution in [0.25, 0.3) is 0 Å². The quantitative estimate of drug-likeness (QED) is 0.414. The Bertz CT molecular complexity index is 824. The summed E-state index contributed by atoms with van der Waals surface area (Å²) in [5.41, 5.74) is 1.07. The summed E-state index contributed by atoms with van der Waals surface area (Å²) in [4.78, 5) is 0. The maximum atomic E-state index is 10.6. The molecule has 1 aliphatic rings. The molecule has 2 aromatic carbocycles. The van der Waals surface area contributed by atoms with E-state index in [-0.39, 0.29) is 35.8 Å². The fraction of sp³-hybridized carbons (Fsp3) is 0.400. The number of aliphatic hydroxyl groups is 3. The SMILES string of the molecule is COc1cc([C@H]2O[C@@H]([C@H](O)Cc3ccc(O)c(O)c3)C[C@H](O)[C@@H]2O)ccc1O. The van der Waals surface area contributed by atoms with Gasteiger partial charge in [0.25, 0.3) is 0 Å². The van der Waals surface area contributed by atoms with E-state index in [1.807, 2.05) is 0 Å². The Morgan fingerprint density at radius 2 is 1.75 bits per heavy atom. The molecule has 5 atom stereocenters. The maximum Gasteiger partial charge on any atom is 0.160 e.